The predicted molar refractivity (Wildman–Crippen MR) is 76.5 cm³/mol. The Morgan fingerprint density at radius 3 is 2.79 bits per heavy atom. The Morgan fingerprint density at radius 1 is 1.42 bits per heavy atom. The summed E-state index contributed by atoms with van der Waals surface area (Å²) in [5.74, 6) is 1.68. The third-order valence-corrected chi connectivity index (χ3v) is 3.89. The number of aromatic amines is 1. The van der Waals surface area contributed by atoms with Gasteiger partial charge in [0.1, 0.15) is 5.82 Å². The molecule has 0 radical (unpaired) electrons. The molecule has 0 saturated heterocycles. The first-order valence-corrected chi connectivity index (χ1v) is 7.19. The summed E-state index contributed by atoms with van der Waals surface area (Å²) >= 11 is 1.50. The molecule has 0 aliphatic carbocycles. The van der Waals surface area contributed by atoms with Crippen molar-refractivity contribution in [1.29, 1.82) is 0 Å². The molecule has 19 heavy (non-hydrogen) atoms. The van der Waals surface area contributed by atoms with Crippen LogP contribution >= 0.6 is 11.8 Å². The number of H-pyrrole nitrogens is 1. The van der Waals surface area contributed by atoms with Gasteiger partial charge in [0.15, 0.2) is 5.16 Å². The smallest absolute Gasteiger partial charge is 0.254 e. The molecule has 0 amide bonds. The van der Waals surface area contributed by atoms with Gasteiger partial charge in [0.05, 0.1) is 5.75 Å². The first-order chi connectivity index (χ1) is 8.99. The molecule has 2 aromatic heterocycles. The largest absolute Gasteiger partial charge is 0.332 e. The average Bonchev–Trinajstić information content (AvgIpc) is 2.81. The van der Waals surface area contributed by atoms with Crippen molar-refractivity contribution in [2.24, 2.45) is 0 Å². The Balaban J connectivity index is 2.15. The van der Waals surface area contributed by atoms with Gasteiger partial charge in [0.25, 0.3) is 5.56 Å². The molecule has 2 heterocycles. The van der Waals surface area contributed by atoms with Gasteiger partial charge in [-0.1, -0.05) is 11.8 Å². The Morgan fingerprint density at radius 2 is 2.16 bits per heavy atom. The molecule has 0 aliphatic rings. The molecule has 0 aliphatic heterocycles. The zero-order valence-electron chi connectivity index (χ0n) is 11.6. The van der Waals surface area contributed by atoms with Crippen LogP contribution < -0.4 is 5.56 Å². The monoisotopic (exact) mass is 278 g/mol. The quantitative estimate of drug-likeness (QED) is 0.689. The third kappa shape index (κ3) is 3.07. The lowest BCUT2D eigenvalue weighted by molar-refractivity contribution is 0.580. The maximum atomic E-state index is 11.7. The van der Waals surface area contributed by atoms with Crippen molar-refractivity contribution in [3.05, 3.63) is 39.8 Å². The number of hydrogen-bond acceptors (Lipinski definition) is 4. The number of rotatable bonds is 4. The molecule has 0 spiro atoms. The van der Waals surface area contributed by atoms with E-state index in [1.165, 1.54) is 11.8 Å². The van der Waals surface area contributed by atoms with Gasteiger partial charge in [0.2, 0.25) is 0 Å². The second-order valence-electron chi connectivity index (χ2n) is 4.71. The molecule has 0 atom stereocenters. The number of imidazole rings is 1. The number of nitrogens with one attached hydrogen (secondary N) is 1. The van der Waals surface area contributed by atoms with Gasteiger partial charge >= 0.3 is 0 Å². The highest BCUT2D eigenvalue weighted by atomic mass is 32.2. The molecular weight excluding hydrogens is 260 g/mol. The zero-order chi connectivity index (χ0) is 14.0. The van der Waals surface area contributed by atoms with Crippen LogP contribution in [0.15, 0.2) is 22.3 Å². The topological polar surface area (TPSA) is 63.6 Å². The van der Waals surface area contributed by atoms with E-state index in [1.807, 2.05) is 13.1 Å². The summed E-state index contributed by atoms with van der Waals surface area (Å²) in [6.07, 6.45) is 3.77. The van der Waals surface area contributed by atoms with Crippen molar-refractivity contribution in [1.82, 2.24) is 19.5 Å². The van der Waals surface area contributed by atoms with E-state index in [-0.39, 0.29) is 5.56 Å². The first-order valence-electron chi connectivity index (χ1n) is 6.21. The van der Waals surface area contributed by atoms with Crippen LogP contribution in [0, 0.1) is 13.8 Å². The Labute approximate surface area is 116 Å². The minimum Gasteiger partial charge on any atom is -0.332 e. The fraction of sp³-hybridized carbons (Fsp3) is 0.462. The SMILES string of the molecule is Cc1nc(SCc2nccn2C(C)C)[nH]c(=O)c1C. The highest BCUT2D eigenvalue weighted by Gasteiger charge is 2.09. The minimum absolute atomic E-state index is 0.0674. The normalized spacial score (nSPS) is 11.2. The summed E-state index contributed by atoms with van der Waals surface area (Å²) in [5, 5.41) is 0.645. The van der Waals surface area contributed by atoms with Crippen LogP contribution in [0.1, 0.15) is 37.0 Å². The zero-order valence-corrected chi connectivity index (χ0v) is 12.4. The molecule has 5 nitrogen and oxygen atoms in total. The van der Waals surface area contributed by atoms with Gasteiger partial charge in [-0.25, -0.2) is 9.97 Å². The highest BCUT2D eigenvalue weighted by Crippen LogP contribution is 2.19. The molecule has 102 valence electrons. The summed E-state index contributed by atoms with van der Waals surface area (Å²) in [5.41, 5.74) is 1.38. The number of nitrogens with zero attached hydrogens (tertiary/aromatic N) is 3. The molecule has 2 aromatic rings. The van der Waals surface area contributed by atoms with Gasteiger partial charge in [-0.15, -0.1) is 0 Å². The number of hydrogen-bond donors (Lipinski definition) is 1. The van der Waals surface area contributed by atoms with Crippen LogP contribution in [0.25, 0.3) is 0 Å². The van der Waals surface area contributed by atoms with Crippen molar-refractivity contribution in [2.45, 2.75) is 44.6 Å². The standard InChI is InChI=1S/C13H18N4OS/c1-8(2)17-6-5-14-11(17)7-19-13-15-10(4)9(3)12(18)16-13/h5-6,8H,7H2,1-4H3,(H,15,16,18). The first kappa shape index (κ1) is 13.9. The number of aromatic nitrogens is 4. The number of aryl methyl sites for hydroxylation is 1. The van der Waals surface area contributed by atoms with E-state index < -0.39 is 0 Å². The van der Waals surface area contributed by atoms with E-state index in [9.17, 15) is 4.79 Å². The molecule has 1 N–H and O–H groups in total. The molecule has 6 heteroatoms. The highest BCUT2D eigenvalue weighted by molar-refractivity contribution is 7.98. The summed E-state index contributed by atoms with van der Waals surface area (Å²) in [7, 11) is 0. The van der Waals surface area contributed by atoms with Gasteiger partial charge < -0.3 is 9.55 Å². The summed E-state index contributed by atoms with van der Waals surface area (Å²) < 4.78 is 2.12. The maximum Gasteiger partial charge on any atom is 0.254 e. The lowest BCUT2D eigenvalue weighted by Gasteiger charge is -2.11. The Kier molecular flexibility index (Phi) is 4.09. The van der Waals surface area contributed by atoms with Crippen LogP contribution in [-0.4, -0.2) is 19.5 Å². The van der Waals surface area contributed by atoms with Gasteiger partial charge in [-0.3, -0.25) is 4.79 Å². The van der Waals surface area contributed by atoms with E-state index in [0.717, 1.165) is 11.5 Å². The Hall–Kier alpha value is -1.56. The van der Waals surface area contributed by atoms with Crippen LogP contribution in [-0.2, 0) is 5.75 Å². The lowest BCUT2D eigenvalue weighted by Crippen LogP contribution is -2.14. The van der Waals surface area contributed by atoms with Crippen LogP contribution in [0.4, 0.5) is 0 Å². The van der Waals surface area contributed by atoms with Crippen LogP contribution in [0.2, 0.25) is 0 Å². The number of thioether (sulfide) groups is 1. The van der Waals surface area contributed by atoms with Crippen molar-refractivity contribution >= 4 is 11.8 Å². The van der Waals surface area contributed by atoms with Crippen molar-refractivity contribution in [3.8, 4) is 0 Å². The van der Waals surface area contributed by atoms with E-state index in [0.29, 0.717) is 22.5 Å². The fourth-order valence-corrected chi connectivity index (χ4v) is 2.60. The second kappa shape index (κ2) is 5.61. The molecule has 0 bridgehead atoms. The summed E-state index contributed by atoms with van der Waals surface area (Å²) in [6, 6.07) is 0.380. The van der Waals surface area contributed by atoms with E-state index in [2.05, 4.69) is 33.4 Å². The van der Waals surface area contributed by atoms with Gasteiger partial charge in [-0.05, 0) is 27.7 Å². The fourth-order valence-electron chi connectivity index (χ4n) is 1.75. The van der Waals surface area contributed by atoms with E-state index in [4.69, 9.17) is 0 Å². The molecule has 0 unspecified atom stereocenters. The van der Waals surface area contributed by atoms with Crippen LogP contribution in [0.3, 0.4) is 0 Å². The van der Waals surface area contributed by atoms with Crippen molar-refractivity contribution < 1.29 is 0 Å². The predicted octanol–water partition coefficient (Wildman–Crippen LogP) is 2.46. The van der Waals surface area contributed by atoms with E-state index in [1.54, 1.807) is 13.1 Å². The Bertz CT molecular complexity index is 630. The van der Waals surface area contributed by atoms with Crippen LogP contribution in [0.5, 0.6) is 0 Å². The molecule has 2 rings (SSSR count). The average molecular weight is 278 g/mol. The van der Waals surface area contributed by atoms with E-state index >= 15 is 0 Å². The molecular formula is C13H18N4OS. The maximum absolute atomic E-state index is 11.7. The summed E-state index contributed by atoms with van der Waals surface area (Å²) in [4.78, 5) is 23.2. The van der Waals surface area contributed by atoms with Gasteiger partial charge in [-0.2, -0.15) is 0 Å². The van der Waals surface area contributed by atoms with Crippen molar-refractivity contribution in [2.75, 3.05) is 0 Å². The lowest BCUT2D eigenvalue weighted by atomic mass is 10.3. The molecule has 0 aromatic carbocycles. The second-order valence-corrected chi connectivity index (χ2v) is 5.68. The summed E-state index contributed by atoms with van der Waals surface area (Å²) in [6.45, 7) is 7.86. The molecule has 0 saturated carbocycles. The molecule has 0 fully saturated rings. The van der Waals surface area contributed by atoms with Gasteiger partial charge in [0, 0.05) is 29.7 Å². The minimum atomic E-state index is -0.0674. The van der Waals surface area contributed by atoms with Crippen molar-refractivity contribution in [3.63, 3.8) is 0 Å². The third-order valence-electron chi connectivity index (χ3n) is 3.02.